The van der Waals surface area contributed by atoms with E-state index in [2.05, 4.69) is 37.4 Å². The van der Waals surface area contributed by atoms with Crippen molar-refractivity contribution < 1.29 is 14.3 Å². The number of ether oxygens (including phenoxy) is 2. The topological polar surface area (TPSA) is 50.8 Å². The van der Waals surface area contributed by atoms with E-state index in [0.29, 0.717) is 41.6 Å². The number of carbonyl (C=O) groups is 1. The van der Waals surface area contributed by atoms with Crippen LogP contribution in [0.1, 0.15) is 32.3 Å². The molecule has 0 heterocycles. The Morgan fingerprint density at radius 2 is 1.91 bits per heavy atom. The second-order valence-electron chi connectivity index (χ2n) is 9.47. The molecule has 1 fully saturated rings. The van der Waals surface area contributed by atoms with Gasteiger partial charge in [-0.05, 0) is 54.2 Å². The fraction of sp³-hybridized carbons (Fsp3) is 0.444. The highest BCUT2D eigenvalue weighted by molar-refractivity contribution is 5.91. The van der Waals surface area contributed by atoms with Crippen LogP contribution in [0.3, 0.4) is 0 Å². The summed E-state index contributed by atoms with van der Waals surface area (Å²) in [5.41, 5.74) is 3.62. The third kappa shape index (κ3) is 4.47. The van der Waals surface area contributed by atoms with Crippen molar-refractivity contribution in [2.45, 2.75) is 33.1 Å². The molecular weight excluding hydrogens is 400 g/mol. The van der Waals surface area contributed by atoms with E-state index in [1.165, 1.54) is 17.6 Å². The first-order valence-corrected chi connectivity index (χ1v) is 11.4. The van der Waals surface area contributed by atoms with Gasteiger partial charge in [0.05, 0.1) is 19.9 Å². The summed E-state index contributed by atoms with van der Waals surface area (Å²) in [5.74, 6) is 2.63. The molecule has 2 bridgehead atoms. The van der Waals surface area contributed by atoms with Crippen LogP contribution in [0, 0.1) is 17.3 Å². The summed E-state index contributed by atoms with van der Waals surface area (Å²) in [5, 5.41) is 3.07. The highest BCUT2D eigenvalue weighted by Gasteiger charge is 2.51. The number of methoxy groups -OCH3 is 2. The maximum Gasteiger partial charge on any atom is 0.322 e. The van der Waals surface area contributed by atoms with Gasteiger partial charge in [-0.3, -0.25) is 0 Å². The molecular formula is C27H34N2O3. The summed E-state index contributed by atoms with van der Waals surface area (Å²) in [6.07, 6.45) is 5.57. The highest BCUT2D eigenvalue weighted by Crippen LogP contribution is 2.59. The molecule has 3 aliphatic carbocycles. The number of amides is 2. The first-order chi connectivity index (χ1) is 15.4. The molecule has 5 nitrogen and oxygen atoms in total. The minimum atomic E-state index is -0.107. The van der Waals surface area contributed by atoms with Crippen LogP contribution in [0.25, 0.3) is 0 Å². The van der Waals surface area contributed by atoms with Gasteiger partial charge in [-0.1, -0.05) is 55.8 Å². The molecule has 2 aromatic rings. The number of allylic oxidation sites excluding steroid dienone is 1. The van der Waals surface area contributed by atoms with Gasteiger partial charge in [0.15, 0.2) is 0 Å². The van der Waals surface area contributed by atoms with Crippen LogP contribution in [0.4, 0.5) is 10.5 Å². The molecule has 0 spiro atoms. The van der Waals surface area contributed by atoms with Crippen molar-refractivity contribution >= 4 is 11.7 Å². The second-order valence-corrected chi connectivity index (χ2v) is 9.47. The van der Waals surface area contributed by atoms with Crippen LogP contribution in [0.15, 0.2) is 60.2 Å². The van der Waals surface area contributed by atoms with Crippen LogP contribution >= 0.6 is 0 Å². The number of nitrogens with zero attached hydrogens (tertiary/aromatic N) is 1. The number of hydrogen-bond donors (Lipinski definition) is 1. The molecule has 0 saturated heterocycles. The lowest BCUT2D eigenvalue weighted by Crippen LogP contribution is -2.50. The molecule has 1 saturated carbocycles. The molecule has 2 unspecified atom stereocenters. The Kier molecular flexibility index (Phi) is 6.45. The number of carbonyl (C=O) groups excluding carboxylic acids is 1. The first-order valence-electron chi connectivity index (χ1n) is 11.4. The van der Waals surface area contributed by atoms with Crippen molar-refractivity contribution in [2.75, 3.05) is 32.6 Å². The molecule has 170 valence electrons. The summed E-state index contributed by atoms with van der Waals surface area (Å²) >= 11 is 0. The third-order valence-corrected chi connectivity index (χ3v) is 7.41. The molecule has 1 N–H and O–H groups in total. The van der Waals surface area contributed by atoms with Crippen molar-refractivity contribution in [3.8, 4) is 11.5 Å². The van der Waals surface area contributed by atoms with E-state index in [-0.39, 0.29) is 6.03 Å². The minimum Gasteiger partial charge on any atom is -0.497 e. The molecule has 2 atom stereocenters. The Balaban J connectivity index is 1.51. The van der Waals surface area contributed by atoms with Gasteiger partial charge >= 0.3 is 6.03 Å². The van der Waals surface area contributed by atoms with E-state index in [4.69, 9.17) is 9.47 Å². The summed E-state index contributed by atoms with van der Waals surface area (Å²) in [6.45, 7) is 6.06. The zero-order valence-corrected chi connectivity index (χ0v) is 19.6. The molecule has 32 heavy (non-hydrogen) atoms. The Bertz CT molecular complexity index is 984. The molecule has 0 aromatic heterocycles. The van der Waals surface area contributed by atoms with Crippen molar-refractivity contribution in [3.05, 3.63) is 65.7 Å². The molecule has 0 radical (unpaired) electrons. The van der Waals surface area contributed by atoms with Gasteiger partial charge in [-0.25, -0.2) is 4.79 Å². The summed E-state index contributed by atoms with van der Waals surface area (Å²) in [6, 6.07) is 15.7. The maximum absolute atomic E-state index is 13.4. The zero-order chi connectivity index (χ0) is 22.7. The van der Waals surface area contributed by atoms with Crippen LogP contribution in [-0.2, 0) is 6.42 Å². The quantitative estimate of drug-likeness (QED) is 0.537. The molecule has 2 aromatic carbocycles. The first kappa shape index (κ1) is 22.3. The fourth-order valence-electron chi connectivity index (χ4n) is 5.13. The maximum atomic E-state index is 13.4. The Morgan fingerprint density at radius 1 is 1.12 bits per heavy atom. The van der Waals surface area contributed by atoms with E-state index in [1.54, 1.807) is 20.3 Å². The smallest absolute Gasteiger partial charge is 0.322 e. The van der Waals surface area contributed by atoms with Crippen LogP contribution in [0.2, 0.25) is 0 Å². The average molecular weight is 435 g/mol. The van der Waals surface area contributed by atoms with E-state index in [0.717, 1.165) is 18.8 Å². The van der Waals surface area contributed by atoms with E-state index >= 15 is 0 Å². The Labute approximate surface area is 191 Å². The van der Waals surface area contributed by atoms with Gasteiger partial charge in [0, 0.05) is 19.2 Å². The number of nitrogens with one attached hydrogen (secondary N) is 1. The normalized spacial score (nSPS) is 20.6. The number of fused-ring (bicyclic) bond motifs is 1. The van der Waals surface area contributed by atoms with Crippen molar-refractivity contribution in [1.29, 1.82) is 0 Å². The third-order valence-electron chi connectivity index (χ3n) is 7.41. The van der Waals surface area contributed by atoms with Gasteiger partial charge in [-0.15, -0.1) is 0 Å². The lowest BCUT2D eigenvalue weighted by molar-refractivity contribution is -0.00949. The van der Waals surface area contributed by atoms with Gasteiger partial charge in [0.2, 0.25) is 0 Å². The molecule has 2 amide bonds. The van der Waals surface area contributed by atoms with Gasteiger partial charge in [0.1, 0.15) is 11.5 Å². The summed E-state index contributed by atoms with van der Waals surface area (Å²) in [4.78, 5) is 15.4. The largest absolute Gasteiger partial charge is 0.497 e. The molecule has 0 aliphatic heterocycles. The number of rotatable bonds is 8. The number of anilines is 1. The average Bonchev–Trinajstić information content (AvgIpc) is 2.82. The molecule has 5 rings (SSSR count). The van der Waals surface area contributed by atoms with Crippen LogP contribution in [-0.4, -0.2) is 38.2 Å². The lowest BCUT2D eigenvalue weighted by Gasteiger charge is -2.57. The predicted molar refractivity (Wildman–Crippen MR) is 128 cm³/mol. The molecule has 3 aliphatic rings. The van der Waals surface area contributed by atoms with Gasteiger partial charge in [-0.2, -0.15) is 0 Å². The Morgan fingerprint density at radius 3 is 2.56 bits per heavy atom. The van der Waals surface area contributed by atoms with Crippen molar-refractivity contribution in [1.82, 2.24) is 4.90 Å². The van der Waals surface area contributed by atoms with E-state index in [1.807, 2.05) is 35.2 Å². The SMILES string of the molecule is COc1ccc(NC(=O)N(CCc2ccccc2)CC2=CCC3CC2C3(C)C)c(OC)c1. The van der Waals surface area contributed by atoms with Crippen LogP contribution < -0.4 is 14.8 Å². The number of benzene rings is 2. The fourth-order valence-corrected chi connectivity index (χ4v) is 5.13. The van der Waals surface area contributed by atoms with Crippen molar-refractivity contribution in [3.63, 3.8) is 0 Å². The van der Waals surface area contributed by atoms with E-state index in [9.17, 15) is 4.79 Å². The second kappa shape index (κ2) is 9.27. The monoisotopic (exact) mass is 434 g/mol. The van der Waals surface area contributed by atoms with Crippen molar-refractivity contribution in [2.24, 2.45) is 17.3 Å². The molecule has 5 heteroatoms. The van der Waals surface area contributed by atoms with Crippen LogP contribution in [0.5, 0.6) is 11.5 Å². The predicted octanol–water partition coefficient (Wildman–Crippen LogP) is 5.77. The number of hydrogen-bond acceptors (Lipinski definition) is 3. The number of urea groups is 1. The van der Waals surface area contributed by atoms with Gasteiger partial charge in [0.25, 0.3) is 0 Å². The minimum absolute atomic E-state index is 0.107. The highest BCUT2D eigenvalue weighted by atomic mass is 16.5. The summed E-state index contributed by atoms with van der Waals surface area (Å²) in [7, 11) is 3.21. The Hall–Kier alpha value is -2.95. The standard InChI is InChI=1S/C27H34N2O3/c1-27(2)21-11-10-20(23(27)16-21)18-29(15-14-19-8-6-5-7-9-19)26(30)28-24-13-12-22(31-3)17-25(24)32-4/h5-10,12-13,17,21,23H,11,14-16,18H2,1-4H3,(H,28,30). The lowest BCUT2D eigenvalue weighted by atomic mass is 9.49. The summed E-state index contributed by atoms with van der Waals surface area (Å²) < 4.78 is 10.8. The van der Waals surface area contributed by atoms with Gasteiger partial charge < -0.3 is 19.7 Å². The van der Waals surface area contributed by atoms with E-state index < -0.39 is 0 Å². The zero-order valence-electron chi connectivity index (χ0n) is 19.6.